The van der Waals surface area contributed by atoms with Crippen LogP contribution in [0.5, 0.6) is 11.5 Å². The summed E-state index contributed by atoms with van der Waals surface area (Å²) < 4.78 is 10.8. The Morgan fingerprint density at radius 2 is 2.12 bits per heavy atom. The van der Waals surface area contributed by atoms with Gasteiger partial charge >= 0.3 is 0 Å². The second-order valence-electron chi connectivity index (χ2n) is 4.31. The van der Waals surface area contributed by atoms with E-state index in [9.17, 15) is 0 Å². The van der Waals surface area contributed by atoms with E-state index in [0.29, 0.717) is 0 Å². The Labute approximate surface area is 107 Å². The number of benzene rings is 1. The van der Waals surface area contributed by atoms with Crippen molar-refractivity contribution in [2.45, 2.75) is 25.8 Å². The van der Waals surface area contributed by atoms with Crippen LogP contribution in [-0.4, -0.2) is 20.8 Å². The van der Waals surface area contributed by atoms with E-state index in [4.69, 9.17) is 21.1 Å². The average molecular weight is 256 g/mol. The minimum Gasteiger partial charge on any atom is -0.493 e. The summed E-state index contributed by atoms with van der Waals surface area (Å²) in [5.41, 5.74) is 2.05. The standard InChI is InChI=1S/C13H18ClNO2/c1-8-7-10(16-2)13(17-3)11(12(8)14)9-5-4-6-15-9/h7,9,15H,4-6H2,1-3H3. The van der Waals surface area contributed by atoms with Gasteiger partial charge < -0.3 is 14.8 Å². The lowest BCUT2D eigenvalue weighted by molar-refractivity contribution is 0.348. The van der Waals surface area contributed by atoms with Crippen LogP contribution in [0.3, 0.4) is 0 Å². The number of methoxy groups -OCH3 is 2. The number of hydrogen-bond donors (Lipinski definition) is 1. The van der Waals surface area contributed by atoms with Gasteiger partial charge in [-0.2, -0.15) is 0 Å². The molecule has 1 saturated heterocycles. The van der Waals surface area contributed by atoms with Gasteiger partial charge in [-0.3, -0.25) is 0 Å². The van der Waals surface area contributed by atoms with Gasteiger partial charge in [0, 0.05) is 11.6 Å². The van der Waals surface area contributed by atoms with Crippen molar-refractivity contribution in [3.63, 3.8) is 0 Å². The van der Waals surface area contributed by atoms with Crippen molar-refractivity contribution in [2.24, 2.45) is 0 Å². The van der Waals surface area contributed by atoms with Gasteiger partial charge in [-0.25, -0.2) is 0 Å². The summed E-state index contributed by atoms with van der Waals surface area (Å²) in [4.78, 5) is 0. The molecule has 1 aromatic rings. The number of aryl methyl sites for hydroxylation is 1. The number of hydrogen-bond acceptors (Lipinski definition) is 3. The molecule has 4 heteroatoms. The molecule has 94 valence electrons. The highest BCUT2D eigenvalue weighted by Gasteiger charge is 2.26. The molecule has 0 bridgehead atoms. The molecular weight excluding hydrogens is 238 g/mol. The van der Waals surface area contributed by atoms with E-state index in [-0.39, 0.29) is 6.04 Å². The summed E-state index contributed by atoms with van der Waals surface area (Å²) in [6.07, 6.45) is 2.25. The molecule has 2 rings (SSSR count). The van der Waals surface area contributed by atoms with Gasteiger partial charge in [-0.05, 0) is 37.9 Å². The quantitative estimate of drug-likeness (QED) is 0.900. The van der Waals surface area contributed by atoms with E-state index in [0.717, 1.165) is 40.6 Å². The van der Waals surface area contributed by atoms with Crippen molar-refractivity contribution in [3.05, 3.63) is 22.2 Å². The van der Waals surface area contributed by atoms with Crippen molar-refractivity contribution in [3.8, 4) is 11.5 Å². The van der Waals surface area contributed by atoms with Crippen LogP contribution in [0.2, 0.25) is 5.02 Å². The fourth-order valence-electron chi connectivity index (χ4n) is 2.37. The first kappa shape index (κ1) is 12.5. The lowest BCUT2D eigenvalue weighted by atomic mass is 10.0. The maximum absolute atomic E-state index is 6.41. The molecule has 3 nitrogen and oxygen atoms in total. The first-order chi connectivity index (χ1) is 8.19. The first-order valence-electron chi connectivity index (χ1n) is 5.83. The van der Waals surface area contributed by atoms with Crippen LogP contribution >= 0.6 is 11.6 Å². The Hall–Kier alpha value is -0.930. The monoisotopic (exact) mass is 255 g/mol. The van der Waals surface area contributed by atoms with Crippen molar-refractivity contribution >= 4 is 11.6 Å². The predicted octanol–water partition coefficient (Wildman–Crippen LogP) is 3.09. The molecule has 1 aliphatic rings. The minimum atomic E-state index is 0.270. The maximum atomic E-state index is 6.41. The highest BCUT2D eigenvalue weighted by molar-refractivity contribution is 6.32. The molecule has 1 aromatic carbocycles. The van der Waals surface area contributed by atoms with Gasteiger partial charge in [0.15, 0.2) is 11.5 Å². The molecule has 1 unspecified atom stereocenters. The Bertz CT molecular complexity index is 414. The molecule has 0 saturated carbocycles. The topological polar surface area (TPSA) is 30.5 Å². The molecule has 1 fully saturated rings. The molecule has 0 amide bonds. The van der Waals surface area contributed by atoms with Gasteiger partial charge in [0.05, 0.1) is 19.2 Å². The second-order valence-corrected chi connectivity index (χ2v) is 4.68. The zero-order valence-corrected chi connectivity index (χ0v) is 11.2. The summed E-state index contributed by atoms with van der Waals surface area (Å²) in [6.45, 7) is 3.02. The Morgan fingerprint density at radius 1 is 1.35 bits per heavy atom. The Morgan fingerprint density at radius 3 is 2.65 bits per heavy atom. The molecule has 0 spiro atoms. The second kappa shape index (κ2) is 5.15. The molecule has 1 N–H and O–H groups in total. The van der Waals surface area contributed by atoms with Gasteiger partial charge in [-0.1, -0.05) is 11.6 Å². The molecule has 1 heterocycles. The fourth-order valence-corrected chi connectivity index (χ4v) is 2.65. The Kier molecular flexibility index (Phi) is 3.79. The third-order valence-corrected chi connectivity index (χ3v) is 3.73. The van der Waals surface area contributed by atoms with E-state index >= 15 is 0 Å². The highest BCUT2D eigenvalue weighted by atomic mass is 35.5. The SMILES string of the molecule is COc1cc(C)c(Cl)c(C2CCCN2)c1OC. The summed E-state index contributed by atoms with van der Waals surface area (Å²) in [7, 11) is 3.30. The van der Waals surface area contributed by atoms with E-state index in [1.54, 1.807) is 14.2 Å². The van der Waals surface area contributed by atoms with E-state index in [1.807, 2.05) is 13.0 Å². The predicted molar refractivity (Wildman–Crippen MR) is 69.3 cm³/mol. The van der Waals surface area contributed by atoms with E-state index in [2.05, 4.69) is 5.32 Å². The third-order valence-electron chi connectivity index (χ3n) is 3.23. The first-order valence-corrected chi connectivity index (χ1v) is 6.21. The van der Waals surface area contributed by atoms with Crippen LogP contribution in [-0.2, 0) is 0 Å². The van der Waals surface area contributed by atoms with Crippen LogP contribution < -0.4 is 14.8 Å². The van der Waals surface area contributed by atoms with Gasteiger partial charge in [0.25, 0.3) is 0 Å². The zero-order chi connectivity index (χ0) is 12.4. The zero-order valence-electron chi connectivity index (χ0n) is 10.5. The van der Waals surface area contributed by atoms with E-state index in [1.165, 1.54) is 6.42 Å². The normalized spacial score (nSPS) is 19.4. The summed E-state index contributed by atoms with van der Waals surface area (Å²) in [6, 6.07) is 2.19. The lowest BCUT2D eigenvalue weighted by Crippen LogP contribution is -2.15. The van der Waals surface area contributed by atoms with Gasteiger partial charge in [0.2, 0.25) is 0 Å². The molecule has 0 aliphatic carbocycles. The fraction of sp³-hybridized carbons (Fsp3) is 0.538. The van der Waals surface area contributed by atoms with Gasteiger partial charge in [0.1, 0.15) is 0 Å². The highest BCUT2D eigenvalue weighted by Crippen LogP contribution is 2.43. The van der Waals surface area contributed by atoms with Crippen LogP contribution in [0.15, 0.2) is 6.07 Å². The summed E-state index contributed by atoms with van der Waals surface area (Å²) >= 11 is 6.41. The smallest absolute Gasteiger partial charge is 0.166 e. The van der Waals surface area contributed by atoms with Crippen molar-refractivity contribution in [1.82, 2.24) is 5.32 Å². The Balaban J connectivity index is 2.56. The average Bonchev–Trinajstić information content (AvgIpc) is 2.85. The third kappa shape index (κ3) is 2.22. The number of rotatable bonds is 3. The molecule has 0 radical (unpaired) electrons. The van der Waals surface area contributed by atoms with E-state index < -0.39 is 0 Å². The van der Waals surface area contributed by atoms with Crippen LogP contribution in [0.4, 0.5) is 0 Å². The summed E-state index contributed by atoms with van der Waals surface area (Å²) in [5.74, 6) is 1.50. The van der Waals surface area contributed by atoms with Crippen molar-refractivity contribution in [1.29, 1.82) is 0 Å². The molecule has 17 heavy (non-hydrogen) atoms. The number of ether oxygens (including phenoxy) is 2. The lowest BCUT2D eigenvalue weighted by Gasteiger charge is -2.20. The largest absolute Gasteiger partial charge is 0.493 e. The number of nitrogens with one attached hydrogen (secondary N) is 1. The maximum Gasteiger partial charge on any atom is 0.166 e. The van der Waals surface area contributed by atoms with Crippen LogP contribution in [0.25, 0.3) is 0 Å². The minimum absolute atomic E-state index is 0.270. The van der Waals surface area contributed by atoms with Gasteiger partial charge in [-0.15, -0.1) is 0 Å². The van der Waals surface area contributed by atoms with Crippen molar-refractivity contribution < 1.29 is 9.47 Å². The molecular formula is C13H18ClNO2. The summed E-state index contributed by atoms with van der Waals surface area (Å²) in [5, 5.41) is 4.23. The number of halogens is 1. The van der Waals surface area contributed by atoms with Crippen LogP contribution in [0.1, 0.15) is 30.0 Å². The van der Waals surface area contributed by atoms with Crippen LogP contribution in [0, 0.1) is 6.92 Å². The molecule has 1 aliphatic heterocycles. The van der Waals surface area contributed by atoms with Crippen molar-refractivity contribution in [2.75, 3.05) is 20.8 Å². The molecule has 0 aromatic heterocycles. The molecule has 1 atom stereocenters.